The standard InChI is InChI=1S/C31H22O3S2/c1-32-21-11-7-19(8-12-21)31(20-9-13-22(33-2)14-10-20)17-15-25-23-5-3-4-6-24(23)27-29-26(16-18-35-29)36-30(27)28(25)34-31/h3-18H,1-2H3. The molecule has 176 valence electrons. The van der Waals surface area contributed by atoms with Crippen LogP contribution >= 0.6 is 22.7 Å². The summed E-state index contributed by atoms with van der Waals surface area (Å²) in [6.45, 7) is 0. The number of rotatable bonds is 4. The molecule has 3 nitrogen and oxygen atoms in total. The maximum absolute atomic E-state index is 7.21. The Morgan fingerprint density at radius 3 is 2.00 bits per heavy atom. The predicted octanol–water partition coefficient (Wildman–Crippen LogP) is 8.64. The van der Waals surface area contributed by atoms with E-state index in [1.165, 1.54) is 30.3 Å². The van der Waals surface area contributed by atoms with E-state index in [0.29, 0.717) is 0 Å². The Bertz CT molecular complexity index is 1730. The van der Waals surface area contributed by atoms with Crippen molar-refractivity contribution in [1.29, 1.82) is 0 Å². The van der Waals surface area contributed by atoms with Gasteiger partial charge in [-0.1, -0.05) is 48.5 Å². The summed E-state index contributed by atoms with van der Waals surface area (Å²) in [6, 6.07) is 27.2. The lowest BCUT2D eigenvalue weighted by Gasteiger charge is -2.37. The second-order valence-electron chi connectivity index (χ2n) is 8.84. The van der Waals surface area contributed by atoms with E-state index in [1.54, 1.807) is 25.6 Å². The largest absolute Gasteiger partial charge is 0.497 e. The first-order valence-corrected chi connectivity index (χ1v) is 13.4. The highest BCUT2D eigenvalue weighted by molar-refractivity contribution is 7.32. The van der Waals surface area contributed by atoms with Gasteiger partial charge in [0.05, 0.1) is 23.6 Å². The number of hydrogen-bond donors (Lipinski definition) is 0. The van der Waals surface area contributed by atoms with Crippen LogP contribution in [-0.2, 0) is 5.60 Å². The summed E-state index contributed by atoms with van der Waals surface area (Å²) in [7, 11) is 3.37. The van der Waals surface area contributed by atoms with Gasteiger partial charge in [-0.25, -0.2) is 0 Å². The average molecular weight is 507 g/mol. The van der Waals surface area contributed by atoms with Crippen molar-refractivity contribution in [3.8, 4) is 17.2 Å². The molecule has 0 saturated heterocycles. The zero-order valence-electron chi connectivity index (χ0n) is 19.8. The summed E-state index contributed by atoms with van der Waals surface area (Å²) in [5.41, 5.74) is 2.41. The van der Waals surface area contributed by atoms with Crippen LogP contribution in [0.15, 0.2) is 90.3 Å². The first-order valence-electron chi connectivity index (χ1n) is 11.7. The quantitative estimate of drug-likeness (QED) is 0.239. The van der Waals surface area contributed by atoms with E-state index in [4.69, 9.17) is 14.2 Å². The van der Waals surface area contributed by atoms with Gasteiger partial charge in [-0.2, -0.15) is 0 Å². The number of ether oxygens (including phenoxy) is 3. The molecule has 1 aliphatic rings. The van der Waals surface area contributed by atoms with Gasteiger partial charge < -0.3 is 14.2 Å². The molecule has 0 amide bonds. The fraction of sp³-hybridized carbons (Fsp3) is 0.0968. The molecule has 3 heterocycles. The minimum Gasteiger partial charge on any atom is -0.497 e. The summed E-state index contributed by atoms with van der Waals surface area (Å²) in [4.78, 5) is 0. The van der Waals surface area contributed by atoms with Gasteiger partial charge in [0.2, 0.25) is 0 Å². The first-order chi connectivity index (χ1) is 17.7. The van der Waals surface area contributed by atoms with Crippen LogP contribution in [0.3, 0.4) is 0 Å². The van der Waals surface area contributed by atoms with Crippen LogP contribution in [0.5, 0.6) is 17.2 Å². The average Bonchev–Trinajstić information content (AvgIpc) is 3.55. The van der Waals surface area contributed by atoms with Gasteiger partial charge in [0, 0.05) is 26.8 Å². The van der Waals surface area contributed by atoms with E-state index in [-0.39, 0.29) is 0 Å². The molecule has 0 saturated carbocycles. The van der Waals surface area contributed by atoms with Crippen LogP contribution in [0.1, 0.15) is 16.7 Å². The van der Waals surface area contributed by atoms with Gasteiger partial charge in [-0.3, -0.25) is 0 Å². The van der Waals surface area contributed by atoms with Gasteiger partial charge in [0.25, 0.3) is 0 Å². The molecular weight excluding hydrogens is 484 g/mol. The normalized spacial score (nSPS) is 14.2. The number of thiophene rings is 2. The van der Waals surface area contributed by atoms with Crippen LogP contribution in [-0.4, -0.2) is 14.2 Å². The fourth-order valence-corrected chi connectivity index (χ4v) is 7.61. The third-order valence-electron chi connectivity index (χ3n) is 7.02. The maximum atomic E-state index is 7.21. The zero-order valence-corrected chi connectivity index (χ0v) is 21.4. The van der Waals surface area contributed by atoms with Crippen LogP contribution in [0.4, 0.5) is 0 Å². The highest BCUT2D eigenvalue weighted by Gasteiger charge is 2.39. The topological polar surface area (TPSA) is 27.7 Å². The van der Waals surface area contributed by atoms with Crippen LogP contribution in [0.25, 0.3) is 36.3 Å². The maximum Gasteiger partial charge on any atom is 0.178 e. The van der Waals surface area contributed by atoms with Crippen molar-refractivity contribution in [2.45, 2.75) is 5.60 Å². The number of hydrogen-bond acceptors (Lipinski definition) is 5. The van der Waals surface area contributed by atoms with Crippen LogP contribution in [0.2, 0.25) is 0 Å². The summed E-state index contributed by atoms with van der Waals surface area (Å²) in [6.07, 6.45) is 4.43. The highest BCUT2D eigenvalue weighted by atomic mass is 32.1. The van der Waals surface area contributed by atoms with E-state index < -0.39 is 5.60 Å². The minimum absolute atomic E-state index is 0.793. The van der Waals surface area contributed by atoms with Gasteiger partial charge in [-0.05, 0) is 58.6 Å². The summed E-state index contributed by atoms with van der Waals surface area (Å²) in [5, 5.41) is 5.94. The van der Waals surface area contributed by atoms with Crippen molar-refractivity contribution in [3.63, 3.8) is 0 Å². The Morgan fingerprint density at radius 1 is 0.722 bits per heavy atom. The molecule has 0 unspecified atom stereocenters. The SMILES string of the molecule is COc1ccc(C2(c3ccc(OC)cc3)C=Cc3c(c4sc5ccsc5c4c4ccccc34)O2)cc1. The Labute approximate surface area is 216 Å². The van der Waals surface area contributed by atoms with Crippen molar-refractivity contribution < 1.29 is 14.2 Å². The Morgan fingerprint density at radius 2 is 1.36 bits per heavy atom. The monoisotopic (exact) mass is 506 g/mol. The van der Waals surface area contributed by atoms with Crippen molar-refractivity contribution in [2.24, 2.45) is 0 Å². The molecule has 4 aromatic carbocycles. The van der Waals surface area contributed by atoms with Crippen LogP contribution in [0, 0.1) is 0 Å². The van der Waals surface area contributed by atoms with Crippen LogP contribution < -0.4 is 14.2 Å². The van der Waals surface area contributed by atoms with Crippen molar-refractivity contribution >= 4 is 59.0 Å². The van der Waals surface area contributed by atoms with Gasteiger partial charge in [-0.15, -0.1) is 22.7 Å². The van der Waals surface area contributed by atoms with E-state index in [1.807, 2.05) is 35.6 Å². The lowest BCUT2D eigenvalue weighted by atomic mass is 9.83. The van der Waals surface area contributed by atoms with E-state index in [9.17, 15) is 0 Å². The van der Waals surface area contributed by atoms with Crippen molar-refractivity contribution in [1.82, 2.24) is 0 Å². The fourth-order valence-electron chi connectivity index (χ4n) is 5.23. The molecule has 6 aromatic rings. The van der Waals surface area contributed by atoms with Crippen molar-refractivity contribution in [2.75, 3.05) is 14.2 Å². The molecule has 1 aliphatic heterocycles. The van der Waals surface area contributed by atoms with Gasteiger partial charge >= 0.3 is 0 Å². The van der Waals surface area contributed by atoms with E-state index in [2.05, 4.69) is 72.1 Å². The molecule has 0 aliphatic carbocycles. The van der Waals surface area contributed by atoms with E-state index >= 15 is 0 Å². The Kier molecular flexibility index (Phi) is 4.84. The minimum atomic E-state index is -0.793. The molecule has 0 radical (unpaired) electrons. The third kappa shape index (κ3) is 3.03. The highest BCUT2D eigenvalue weighted by Crippen LogP contribution is 2.53. The predicted molar refractivity (Wildman–Crippen MR) is 151 cm³/mol. The molecule has 0 fully saturated rings. The molecule has 2 aromatic heterocycles. The summed E-state index contributed by atoms with van der Waals surface area (Å²) in [5.74, 6) is 2.57. The van der Waals surface area contributed by atoms with Gasteiger partial charge in [0.1, 0.15) is 17.2 Å². The summed E-state index contributed by atoms with van der Waals surface area (Å²) >= 11 is 3.61. The second kappa shape index (κ2) is 8.12. The number of methoxy groups -OCH3 is 2. The second-order valence-corrected chi connectivity index (χ2v) is 10.8. The smallest absolute Gasteiger partial charge is 0.178 e. The third-order valence-corrected chi connectivity index (χ3v) is 9.23. The lowest BCUT2D eigenvalue weighted by molar-refractivity contribution is 0.164. The Hall–Kier alpha value is -3.80. The molecule has 36 heavy (non-hydrogen) atoms. The van der Waals surface area contributed by atoms with Crippen molar-refractivity contribution in [3.05, 3.63) is 107 Å². The first kappa shape index (κ1) is 21.5. The number of benzene rings is 4. The molecule has 0 N–H and O–H groups in total. The molecule has 0 bridgehead atoms. The summed E-state index contributed by atoms with van der Waals surface area (Å²) < 4.78 is 21.9. The molecule has 0 atom stereocenters. The van der Waals surface area contributed by atoms with E-state index in [0.717, 1.165) is 33.9 Å². The Balaban J connectivity index is 1.53. The van der Waals surface area contributed by atoms with Gasteiger partial charge in [0.15, 0.2) is 5.60 Å². The molecule has 5 heteroatoms. The molecule has 7 rings (SSSR count). The molecular formula is C31H22O3S2. The molecule has 0 spiro atoms. The zero-order chi connectivity index (χ0) is 24.3. The lowest BCUT2D eigenvalue weighted by Crippen LogP contribution is -2.34. The number of fused-ring (bicyclic) bond motifs is 8.